The summed E-state index contributed by atoms with van der Waals surface area (Å²) in [6, 6.07) is -2.07. The van der Waals surface area contributed by atoms with Crippen molar-refractivity contribution in [1.29, 1.82) is 0 Å². The van der Waals surface area contributed by atoms with E-state index in [2.05, 4.69) is 4.52 Å². The quantitative estimate of drug-likeness (QED) is 0.282. The van der Waals surface area contributed by atoms with Crippen molar-refractivity contribution in [1.82, 2.24) is 0 Å². The lowest BCUT2D eigenvalue weighted by atomic mass is 10.2. The van der Waals surface area contributed by atoms with Crippen molar-refractivity contribution in [3.63, 3.8) is 0 Å². The summed E-state index contributed by atoms with van der Waals surface area (Å²) < 4.78 is 14.0. The molecule has 0 aliphatic carbocycles. The number of hydrogen-bond acceptors (Lipinski definition) is 7. The first-order chi connectivity index (χ1) is 9.01. The summed E-state index contributed by atoms with van der Waals surface area (Å²) in [7, 11) is -4.50. The third-order valence-electron chi connectivity index (χ3n) is 1.76. The van der Waals surface area contributed by atoms with Crippen LogP contribution in [-0.4, -0.2) is 62.3 Å². The van der Waals surface area contributed by atoms with Gasteiger partial charge >= 0.3 is 19.8 Å². The maximum Gasteiger partial charge on any atom is 0.469 e. The van der Waals surface area contributed by atoms with Gasteiger partial charge in [-0.3, -0.25) is 14.1 Å². The molecule has 0 heterocycles. The molecule has 2 atom stereocenters. The molecule has 12 heteroatoms. The van der Waals surface area contributed by atoms with E-state index >= 15 is 0 Å². The molecule has 0 aliphatic heterocycles. The molecule has 0 fully saturated rings. The first-order valence-corrected chi connectivity index (χ1v) is 6.82. The van der Waals surface area contributed by atoms with Crippen LogP contribution in [0.2, 0.25) is 0 Å². The summed E-state index contributed by atoms with van der Waals surface area (Å²) in [5.41, 5.74) is 9.98. The van der Waals surface area contributed by atoms with E-state index in [4.69, 9.17) is 36.6 Å². The average molecular weight is 414 g/mol. The Bertz CT molecular complexity index is 351. The summed E-state index contributed by atoms with van der Waals surface area (Å²) in [4.78, 5) is 36.3. The molecular weight excluding hydrogens is 371 g/mol. The van der Waals surface area contributed by atoms with Gasteiger partial charge in [-0.15, -0.1) is 0 Å². The number of phosphoric acid groups is 1. The summed E-state index contributed by atoms with van der Waals surface area (Å²) >= 11 is 0. The molecule has 0 aromatic heterocycles. The lowest BCUT2D eigenvalue weighted by Gasteiger charge is -2.07. The van der Waals surface area contributed by atoms with Gasteiger partial charge in [0.25, 0.3) is 0 Å². The zero-order chi connectivity index (χ0) is 16.3. The Kier molecular flexibility index (Phi) is 50.1. The second-order valence-electron chi connectivity index (χ2n) is 3.51. The molecule has 26 heavy (non-hydrogen) atoms. The lowest BCUT2D eigenvalue weighted by Crippen LogP contribution is -2.31. The number of carbonyl (C=O) groups is 2. The SMILES string of the molecule is C.C.C.C.C.C.N[C@@H](CCO)C(=O)O.N[C@@H](CCOP(=O)(O)O)C(=O)O. The van der Waals surface area contributed by atoms with Crippen molar-refractivity contribution in [3.8, 4) is 0 Å². The van der Waals surface area contributed by atoms with Gasteiger partial charge in [0.1, 0.15) is 12.1 Å². The van der Waals surface area contributed by atoms with Gasteiger partial charge < -0.3 is 36.6 Å². The Morgan fingerprint density at radius 2 is 1.15 bits per heavy atom. The molecule has 0 spiro atoms. The zero-order valence-corrected chi connectivity index (χ0v) is 11.3. The summed E-state index contributed by atoms with van der Waals surface area (Å²) in [6.07, 6.45) is -0.0181. The molecule has 0 aliphatic rings. The van der Waals surface area contributed by atoms with Crippen LogP contribution in [0.1, 0.15) is 57.4 Å². The normalized spacial score (nSPS) is 10.7. The highest BCUT2D eigenvalue weighted by Gasteiger charge is 2.16. The summed E-state index contributed by atoms with van der Waals surface area (Å²) in [5.74, 6) is -2.30. The van der Waals surface area contributed by atoms with E-state index in [9.17, 15) is 14.2 Å². The predicted octanol–water partition coefficient (Wildman–Crippen LogP) is 1.50. The topological polar surface area (TPSA) is 214 Å². The van der Waals surface area contributed by atoms with Crippen molar-refractivity contribution >= 4 is 19.8 Å². The number of carboxylic acid groups (broad SMARTS) is 2. The Hall–Kier alpha value is -1.07. The molecule has 0 amide bonds. The number of rotatable bonds is 8. The van der Waals surface area contributed by atoms with Crippen LogP contribution < -0.4 is 11.5 Å². The van der Waals surface area contributed by atoms with E-state index in [1.807, 2.05) is 0 Å². The Balaban J connectivity index is -0.0000000352. The molecular formula is C14H43N2O9P. The minimum absolute atomic E-state index is 0. The van der Waals surface area contributed by atoms with Crippen LogP contribution in [0.15, 0.2) is 0 Å². The number of hydrogen-bond donors (Lipinski definition) is 7. The molecule has 0 saturated heterocycles. The van der Waals surface area contributed by atoms with E-state index in [-0.39, 0.29) is 70.6 Å². The molecule has 9 N–H and O–H groups in total. The molecule has 0 bridgehead atoms. The molecule has 0 unspecified atom stereocenters. The standard InChI is InChI=1S/C4H10NO6P.C4H9NO3.6CH4/c5-3(4(6)7)1-2-11-12(8,9)10;5-3(1-2-6)4(7)8;;;;;;/h3H,1-2,5H2,(H,6,7)(H2,8,9,10);3,6H,1-2,5H2,(H,7,8);6*1H4/t2*3-;;;;;;/m00....../s1. The maximum absolute atomic E-state index is 10.1. The van der Waals surface area contributed by atoms with Gasteiger partial charge in [-0.1, -0.05) is 44.6 Å². The fourth-order valence-electron chi connectivity index (χ4n) is 0.685. The maximum atomic E-state index is 10.1. The minimum Gasteiger partial charge on any atom is -0.480 e. The Morgan fingerprint density at radius 1 is 0.846 bits per heavy atom. The third-order valence-corrected chi connectivity index (χ3v) is 2.28. The van der Waals surface area contributed by atoms with E-state index in [0.717, 1.165) is 0 Å². The second kappa shape index (κ2) is 26.2. The van der Waals surface area contributed by atoms with Crippen LogP contribution in [0, 0.1) is 0 Å². The molecule has 11 nitrogen and oxygen atoms in total. The Morgan fingerprint density at radius 3 is 1.35 bits per heavy atom. The highest BCUT2D eigenvalue weighted by molar-refractivity contribution is 7.46. The van der Waals surface area contributed by atoms with Crippen LogP contribution in [0.3, 0.4) is 0 Å². The van der Waals surface area contributed by atoms with E-state index < -0.39 is 31.8 Å². The lowest BCUT2D eigenvalue weighted by molar-refractivity contribution is -0.139. The molecule has 0 aromatic rings. The average Bonchev–Trinajstić information content (AvgIpc) is 2.28. The first-order valence-electron chi connectivity index (χ1n) is 5.29. The van der Waals surface area contributed by atoms with Crippen molar-refractivity contribution in [3.05, 3.63) is 0 Å². The first kappa shape index (κ1) is 49.8. The van der Waals surface area contributed by atoms with Gasteiger partial charge in [-0.05, 0) is 12.8 Å². The molecule has 0 radical (unpaired) electrons. The minimum atomic E-state index is -4.50. The fourth-order valence-corrected chi connectivity index (χ4v) is 1.03. The van der Waals surface area contributed by atoms with Crippen molar-refractivity contribution in [2.75, 3.05) is 13.2 Å². The summed E-state index contributed by atoms with van der Waals surface area (Å²) in [6.45, 7) is -0.550. The highest BCUT2D eigenvalue weighted by atomic mass is 31.2. The Labute approximate surface area is 158 Å². The molecule has 0 aromatic carbocycles. The largest absolute Gasteiger partial charge is 0.480 e. The van der Waals surface area contributed by atoms with Crippen LogP contribution in [-0.2, 0) is 18.7 Å². The van der Waals surface area contributed by atoms with Gasteiger partial charge in [-0.25, -0.2) is 4.57 Å². The smallest absolute Gasteiger partial charge is 0.469 e. The van der Waals surface area contributed by atoms with E-state index in [1.165, 1.54) is 0 Å². The van der Waals surface area contributed by atoms with Crippen LogP contribution in [0.4, 0.5) is 0 Å². The zero-order valence-electron chi connectivity index (χ0n) is 10.5. The molecule has 0 rings (SSSR count). The third kappa shape index (κ3) is 38.5. The number of aliphatic carboxylic acids is 2. The van der Waals surface area contributed by atoms with Crippen LogP contribution >= 0.6 is 7.82 Å². The van der Waals surface area contributed by atoms with Gasteiger partial charge in [0.15, 0.2) is 0 Å². The van der Waals surface area contributed by atoms with Crippen molar-refractivity contribution in [2.45, 2.75) is 69.5 Å². The van der Waals surface area contributed by atoms with Crippen molar-refractivity contribution < 1.29 is 43.8 Å². The van der Waals surface area contributed by atoms with Crippen molar-refractivity contribution in [2.24, 2.45) is 11.5 Å². The molecule has 0 saturated carbocycles. The highest BCUT2D eigenvalue weighted by Crippen LogP contribution is 2.35. The number of nitrogens with two attached hydrogens (primary N) is 2. The van der Waals surface area contributed by atoms with Crippen LogP contribution in [0.5, 0.6) is 0 Å². The number of carboxylic acids is 2. The predicted molar refractivity (Wildman–Crippen MR) is 106 cm³/mol. The van der Waals surface area contributed by atoms with E-state index in [0.29, 0.717) is 0 Å². The van der Waals surface area contributed by atoms with Gasteiger partial charge in [0.2, 0.25) is 0 Å². The summed E-state index contributed by atoms with van der Waals surface area (Å²) in [5, 5.41) is 24.5. The van der Waals surface area contributed by atoms with Gasteiger partial charge in [0, 0.05) is 6.61 Å². The van der Waals surface area contributed by atoms with E-state index in [1.54, 1.807) is 0 Å². The molecule has 168 valence electrons. The van der Waals surface area contributed by atoms with Gasteiger partial charge in [-0.2, -0.15) is 0 Å². The van der Waals surface area contributed by atoms with Crippen LogP contribution in [0.25, 0.3) is 0 Å². The second-order valence-corrected chi connectivity index (χ2v) is 4.75. The number of aliphatic hydroxyl groups excluding tert-OH is 1. The number of phosphoric ester groups is 1. The van der Waals surface area contributed by atoms with Gasteiger partial charge in [0.05, 0.1) is 6.61 Å². The fraction of sp³-hybridized carbons (Fsp3) is 0.857. The number of aliphatic hydroxyl groups is 1. The monoisotopic (exact) mass is 414 g/mol.